The number of aryl methyl sites for hydroxylation is 1. The Morgan fingerprint density at radius 2 is 1.65 bits per heavy atom. The number of carbonyl (C=O) groups excluding carboxylic acids is 5. The predicted octanol–water partition coefficient (Wildman–Crippen LogP) is 4.63. The van der Waals surface area contributed by atoms with Gasteiger partial charge in [0.05, 0.1) is 18.6 Å². The van der Waals surface area contributed by atoms with E-state index in [1.165, 1.54) is 16.2 Å². The zero-order valence-corrected chi connectivity index (χ0v) is 32.3. The minimum atomic E-state index is -0.716. The highest BCUT2D eigenvalue weighted by Gasteiger charge is 2.31. The Hall–Kier alpha value is -5.57. The topological polar surface area (TPSA) is 176 Å². The van der Waals surface area contributed by atoms with Crippen molar-refractivity contribution in [1.29, 1.82) is 0 Å². The number of oxazole rings is 1. The predicted molar refractivity (Wildman–Crippen MR) is 205 cm³/mol. The average Bonchev–Trinajstić information content (AvgIpc) is 3.84. The number of nitrogens with one attached hydrogen (secondary N) is 3. The number of hydrogen-bond donors (Lipinski definition) is 3. The van der Waals surface area contributed by atoms with Gasteiger partial charge in [0, 0.05) is 30.6 Å². The van der Waals surface area contributed by atoms with Crippen LogP contribution < -0.4 is 20.7 Å². The van der Waals surface area contributed by atoms with Crippen molar-refractivity contribution >= 4 is 40.9 Å². The van der Waals surface area contributed by atoms with E-state index >= 15 is 0 Å². The molecular formula is C40H47N7O7S. The van der Waals surface area contributed by atoms with Gasteiger partial charge in [0.15, 0.2) is 12.3 Å². The van der Waals surface area contributed by atoms with E-state index in [9.17, 15) is 24.0 Å². The molecule has 2 aliphatic rings. The number of carbonyl (C=O) groups is 5. The first-order valence-corrected chi connectivity index (χ1v) is 19.5. The van der Waals surface area contributed by atoms with Crippen LogP contribution in [0.3, 0.4) is 0 Å². The molecule has 4 aromatic rings. The molecule has 0 unspecified atom stereocenters. The van der Waals surface area contributed by atoms with Crippen molar-refractivity contribution < 1.29 is 33.1 Å². The Kier molecular flexibility index (Phi) is 12.6. The lowest BCUT2D eigenvalue weighted by atomic mass is 10.0. The van der Waals surface area contributed by atoms with Crippen LogP contribution in [0.25, 0.3) is 0 Å². The Balaban J connectivity index is 1.30. The molecule has 3 atom stereocenters. The molecule has 2 aromatic heterocycles. The second kappa shape index (κ2) is 17.7. The fourth-order valence-electron chi connectivity index (χ4n) is 6.64. The lowest BCUT2D eigenvalue weighted by Crippen LogP contribution is -2.50. The highest BCUT2D eigenvalue weighted by Crippen LogP contribution is 2.25. The van der Waals surface area contributed by atoms with E-state index < -0.39 is 41.8 Å². The van der Waals surface area contributed by atoms with Crippen molar-refractivity contribution in [1.82, 2.24) is 35.7 Å². The van der Waals surface area contributed by atoms with Gasteiger partial charge in [0.25, 0.3) is 23.6 Å². The van der Waals surface area contributed by atoms with Crippen LogP contribution >= 0.6 is 11.3 Å². The Morgan fingerprint density at radius 1 is 0.927 bits per heavy atom. The van der Waals surface area contributed by atoms with Crippen LogP contribution in [0.2, 0.25) is 0 Å². The first kappa shape index (κ1) is 39.1. The third-order valence-corrected chi connectivity index (χ3v) is 10.7. The normalized spacial score (nSPS) is 19.9. The van der Waals surface area contributed by atoms with Gasteiger partial charge >= 0.3 is 0 Å². The summed E-state index contributed by atoms with van der Waals surface area (Å²) in [6.07, 6.45) is 3.43. The van der Waals surface area contributed by atoms with Gasteiger partial charge in [-0.3, -0.25) is 24.0 Å². The number of thiazole rings is 1. The summed E-state index contributed by atoms with van der Waals surface area (Å²) in [7, 11) is 0. The molecule has 290 valence electrons. The summed E-state index contributed by atoms with van der Waals surface area (Å²) in [5.74, 6) is -1.29. The van der Waals surface area contributed by atoms with Crippen molar-refractivity contribution in [2.24, 2.45) is 5.92 Å². The summed E-state index contributed by atoms with van der Waals surface area (Å²) in [5, 5.41) is 11.0. The van der Waals surface area contributed by atoms with E-state index in [1.807, 2.05) is 44.2 Å². The lowest BCUT2D eigenvalue weighted by Gasteiger charge is -2.29. The van der Waals surface area contributed by atoms with E-state index in [2.05, 4.69) is 25.9 Å². The van der Waals surface area contributed by atoms with E-state index in [-0.39, 0.29) is 60.1 Å². The molecule has 1 saturated heterocycles. The third kappa shape index (κ3) is 9.95. The van der Waals surface area contributed by atoms with Crippen LogP contribution in [0.1, 0.15) is 106 Å². The van der Waals surface area contributed by atoms with Gasteiger partial charge in [-0.05, 0) is 75.3 Å². The summed E-state index contributed by atoms with van der Waals surface area (Å²) in [5.41, 5.74) is 1.43. The van der Waals surface area contributed by atoms with Crippen molar-refractivity contribution in [3.05, 3.63) is 99.2 Å². The maximum atomic E-state index is 14.3. The molecule has 15 heteroatoms. The number of fused-ring (bicyclic) bond motifs is 4. The molecule has 1 fully saturated rings. The maximum absolute atomic E-state index is 14.3. The Morgan fingerprint density at radius 3 is 2.36 bits per heavy atom. The number of piperidine rings is 1. The molecule has 0 aliphatic carbocycles. The molecule has 55 heavy (non-hydrogen) atoms. The summed E-state index contributed by atoms with van der Waals surface area (Å²) in [6.45, 7) is 8.12. The van der Waals surface area contributed by atoms with Crippen LogP contribution in [0.15, 0.2) is 64.4 Å². The van der Waals surface area contributed by atoms with E-state index in [4.69, 9.17) is 9.15 Å². The van der Waals surface area contributed by atoms with Crippen molar-refractivity contribution in [2.75, 3.05) is 32.8 Å². The highest BCUT2D eigenvalue weighted by molar-refractivity contribution is 7.09. The zero-order chi connectivity index (χ0) is 39.1. The summed E-state index contributed by atoms with van der Waals surface area (Å²) in [6, 6.07) is 14.1. The van der Waals surface area contributed by atoms with Crippen molar-refractivity contribution in [3.8, 4) is 5.75 Å². The molecule has 4 bridgehead atoms. The van der Waals surface area contributed by atoms with E-state index in [1.54, 1.807) is 48.4 Å². The summed E-state index contributed by atoms with van der Waals surface area (Å²) >= 11 is 1.24. The molecule has 4 heterocycles. The smallest absolute Gasteiger partial charge is 0.274 e. The molecule has 0 radical (unpaired) electrons. The molecule has 2 aliphatic heterocycles. The number of amides is 5. The standard InChI is InChI=1S/C40H47N7O7S/c1-24(2)34-38-45-35(26(4)54-38)37(51)41-25(3)39-43-31(23-55-39)36(50)42-29(19-27-11-7-5-8-12-27)20-47(21-32(48)44-34)40(52)28-13-15-30(16-14-28)53-22-33(49)46-17-9-6-10-18-46/h5,7-8,11-16,23-25,29,34H,6,9-10,17-22H2,1-4H3,(H,41,51)(H,42,50)(H,44,48)/t25-,29-,34+/m1/s1. The molecular weight excluding hydrogens is 723 g/mol. The monoisotopic (exact) mass is 769 g/mol. The second-order valence-electron chi connectivity index (χ2n) is 14.3. The Bertz CT molecular complexity index is 1990. The summed E-state index contributed by atoms with van der Waals surface area (Å²) in [4.78, 5) is 80.1. The largest absolute Gasteiger partial charge is 0.484 e. The number of nitrogens with zero attached hydrogens (tertiary/aromatic N) is 4. The number of likely N-dealkylation sites (tertiary alicyclic amines) is 1. The van der Waals surface area contributed by atoms with Gasteiger partial charge in [-0.25, -0.2) is 9.97 Å². The van der Waals surface area contributed by atoms with E-state index in [0.717, 1.165) is 37.9 Å². The number of ether oxygens (including phenoxy) is 1. The highest BCUT2D eigenvalue weighted by atomic mass is 32.1. The molecule has 3 N–H and O–H groups in total. The molecule has 2 aromatic carbocycles. The number of hydrogen-bond acceptors (Lipinski definition) is 10. The molecule has 0 spiro atoms. The Labute approximate surface area is 324 Å². The molecule has 14 nitrogen and oxygen atoms in total. The quantitative estimate of drug-likeness (QED) is 0.242. The number of benzene rings is 2. The third-order valence-electron chi connectivity index (χ3n) is 9.64. The lowest BCUT2D eigenvalue weighted by molar-refractivity contribution is -0.134. The van der Waals surface area contributed by atoms with Crippen LogP contribution in [0, 0.1) is 12.8 Å². The van der Waals surface area contributed by atoms with Crippen molar-refractivity contribution in [2.45, 2.75) is 71.5 Å². The fraction of sp³-hybridized carbons (Fsp3) is 0.425. The fourth-order valence-corrected chi connectivity index (χ4v) is 7.45. The van der Waals surface area contributed by atoms with Gasteiger partial charge in [0.2, 0.25) is 11.8 Å². The average molecular weight is 770 g/mol. The van der Waals surface area contributed by atoms with Crippen LogP contribution in [-0.2, 0) is 16.0 Å². The van der Waals surface area contributed by atoms with Gasteiger partial charge in [-0.15, -0.1) is 11.3 Å². The van der Waals surface area contributed by atoms with Gasteiger partial charge in [0.1, 0.15) is 28.3 Å². The minimum Gasteiger partial charge on any atom is -0.484 e. The first-order chi connectivity index (χ1) is 26.4. The molecule has 0 saturated carbocycles. The first-order valence-electron chi connectivity index (χ1n) is 18.6. The van der Waals surface area contributed by atoms with Gasteiger partial charge in [-0.2, -0.15) is 0 Å². The summed E-state index contributed by atoms with van der Waals surface area (Å²) < 4.78 is 11.7. The number of aromatic nitrogens is 2. The van der Waals surface area contributed by atoms with Crippen LogP contribution in [-0.4, -0.2) is 88.1 Å². The minimum absolute atomic E-state index is 0.0203. The van der Waals surface area contributed by atoms with Crippen LogP contribution in [0.4, 0.5) is 0 Å². The van der Waals surface area contributed by atoms with Gasteiger partial charge < -0.3 is 34.9 Å². The van der Waals surface area contributed by atoms with Crippen LogP contribution in [0.5, 0.6) is 5.75 Å². The molecule has 5 amide bonds. The second-order valence-corrected chi connectivity index (χ2v) is 15.2. The maximum Gasteiger partial charge on any atom is 0.274 e. The molecule has 6 rings (SSSR count). The number of rotatable bonds is 7. The van der Waals surface area contributed by atoms with Crippen molar-refractivity contribution in [3.63, 3.8) is 0 Å². The van der Waals surface area contributed by atoms with Gasteiger partial charge in [-0.1, -0.05) is 44.2 Å². The SMILES string of the molecule is Cc1oc2nc1C(=O)N[C@H](C)c1nc(cs1)C(=O)N[C@H](Cc1ccccc1)CN(C(=O)c1ccc(OCC(=O)N3CCCCC3)cc1)CC(=O)N[C@H]2C(C)C. The zero-order valence-electron chi connectivity index (χ0n) is 31.5. The van der Waals surface area contributed by atoms with E-state index in [0.29, 0.717) is 17.2 Å².